The van der Waals surface area contributed by atoms with Crippen LogP contribution < -0.4 is 10.9 Å². The molecule has 5 heteroatoms. The van der Waals surface area contributed by atoms with Crippen LogP contribution in [0.2, 0.25) is 0 Å². The van der Waals surface area contributed by atoms with Gasteiger partial charge in [0, 0.05) is 44.0 Å². The third-order valence-electron chi connectivity index (χ3n) is 5.14. The van der Waals surface area contributed by atoms with Gasteiger partial charge < -0.3 is 15.4 Å². The van der Waals surface area contributed by atoms with Crippen LogP contribution in [0.15, 0.2) is 23.1 Å². The van der Waals surface area contributed by atoms with Crippen LogP contribution in [0.1, 0.15) is 44.1 Å². The number of hydrogen-bond acceptors (Lipinski definition) is 4. The third-order valence-corrected chi connectivity index (χ3v) is 5.14. The van der Waals surface area contributed by atoms with E-state index >= 15 is 0 Å². The van der Waals surface area contributed by atoms with Crippen molar-refractivity contribution in [3.63, 3.8) is 0 Å². The number of aliphatic hydroxyl groups is 1. The standard InChI is InChI=1S/C17H27N3O2/c21-16-4-2-1-3-15(16)20-9-7-14(8-10-20)18-11-13-5-6-17(22)19-12-13/h5-6,12,14-16,18,21H,1-4,7-11H2,(H,19,22). The van der Waals surface area contributed by atoms with E-state index in [1.54, 1.807) is 12.3 Å². The molecule has 1 saturated heterocycles. The summed E-state index contributed by atoms with van der Waals surface area (Å²) in [5, 5.41) is 13.8. The van der Waals surface area contributed by atoms with Crippen LogP contribution in [0, 0.1) is 0 Å². The van der Waals surface area contributed by atoms with Crippen LogP contribution >= 0.6 is 0 Å². The Morgan fingerprint density at radius 1 is 1.18 bits per heavy atom. The lowest BCUT2D eigenvalue weighted by atomic mass is 9.89. The van der Waals surface area contributed by atoms with E-state index in [1.165, 1.54) is 12.8 Å². The molecule has 122 valence electrons. The van der Waals surface area contributed by atoms with Crippen molar-refractivity contribution in [2.45, 2.75) is 63.3 Å². The third kappa shape index (κ3) is 3.97. The van der Waals surface area contributed by atoms with Gasteiger partial charge in [-0.2, -0.15) is 0 Å². The molecule has 0 radical (unpaired) electrons. The van der Waals surface area contributed by atoms with Gasteiger partial charge in [0.2, 0.25) is 5.56 Å². The zero-order valence-corrected chi connectivity index (χ0v) is 13.1. The number of piperidine rings is 1. The Labute approximate surface area is 131 Å². The number of likely N-dealkylation sites (tertiary alicyclic amines) is 1. The Hall–Kier alpha value is -1.17. The molecule has 2 atom stereocenters. The van der Waals surface area contributed by atoms with Gasteiger partial charge in [0.1, 0.15) is 0 Å². The average molecular weight is 305 g/mol. The second-order valence-corrected chi connectivity index (χ2v) is 6.67. The van der Waals surface area contributed by atoms with Gasteiger partial charge in [-0.05, 0) is 31.2 Å². The summed E-state index contributed by atoms with van der Waals surface area (Å²) in [6, 6.07) is 4.36. The smallest absolute Gasteiger partial charge is 0.247 e. The molecule has 2 aliphatic rings. The highest BCUT2D eigenvalue weighted by atomic mass is 16.3. The van der Waals surface area contributed by atoms with E-state index in [0.29, 0.717) is 12.1 Å². The molecule has 1 saturated carbocycles. The lowest BCUT2D eigenvalue weighted by molar-refractivity contribution is 0.00714. The molecule has 1 aliphatic carbocycles. The largest absolute Gasteiger partial charge is 0.391 e. The first kappa shape index (κ1) is 15.7. The second-order valence-electron chi connectivity index (χ2n) is 6.67. The molecule has 1 aliphatic heterocycles. The molecule has 1 aromatic rings. The summed E-state index contributed by atoms with van der Waals surface area (Å²) >= 11 is 0. The van der Waals surface area contributed by atoms with E-state index in [-0.39, 0.29) is 11.7 Å². The van der Waals surface area contributed by atoms with Crippen LogP contribution in [0.4, 0.5) is 0 Å². The number of rotatable bonds is 4. The van der Waals surface area contributed by atoms with Gasteiger partial charge in [-0.1, -0.05) is 18.9 Å². The van der Waals surface area contributed by atoms with Crippen molar-refractivity contribution < 1.29 is 5.11 Å². The number of nitrogens with zero attached hydrogens (tertiary/aromatic N) is 1. The Kier molecular flexibility index (Phi) is 5.28. The van der Waals surface area contributed by atoms with Crippen molar-refractivity contribution in [3.05, 3.63) is 34.2 Å². The fraction of sp³-hybridized carbons (Fsp3) is 0.706. The molecule has 0 amide bonds. The number of aromatic amines is 1. The number of H-pyrrole nitrogens is 1. The minimum absolute atomic E-state index is 0.0527. The highest BCUT2D eigenvalue weighted by Gasteiger charge is 2.31. The molecule has 0 aromatic carbocycles. The van der Waals surface area contributed by atoms with Crippen LogP contribution in [-0.2, 0) is 6.54 Å². The minimum atomic E-state index is -0.126. The van der Waals surface area contributed by atoms with Crippen molar-refractivity contribution >= 4 is 0 Å². The summed E-state index contributed by atoms with van der Waals surface area (Å²) in [6.45, 7) is 2.95. The van der Waals surface area contributed by atoms with Crippen molar-refractivity contribution in [1.82, 2.24) is 15.2 Å². The van der Waals surface area contributed by atoms with Crippen LogP contribution in [-0.4, -0.2) is 46.3 Å². The van der Waals surface area contributed by atoms with E-state index in [9.17, 15) is 9.90 Å². The molecule has 1 aromatic heterocycles. The SMILES string of the molecule is O=c1ccc(CNC2CCN(C3CCCCC3O)CC2)c[nH]1. The van der Waals surface area contributed by atoms with E-state index in [4.69, 9.17) is 0 Å². The first-order valence-electron chi connectivity index (χ1n) is 8.55. The van der Waals surface area contributed by atoms with Gasteiger partial charge in [-0.15, -0.1) is 0 Å². The molecule has 2 heterocycles. The van der Waals surface area contributed by atoms with Crippen LogP contribution in [0.25, 0.3) is 0 Å². The maximum atomic E-state index is 11.0. The quantitative estimate of drug-likeness (QED) is 0.783. The monoisotopic (exact) mass is 305 g/mol. The van der Waals surface area contributed by atoms with E-state index in [1.807, 2.05) is 6.07 Å². The Bertz CT molecular complexity index is 502. The summed E-state index contributed by atoms with van der Waals surface area (Å²) < 4.78 is 0. The molecule has 2 unspecified atom stereocenters. The minimum Gasteiger partial charge on any atom is -0.391 e. The molecule has 22 heavy (non-hydrogen) atoms. The van der Waals surface area contributed by atoms with Gasteiger partial charge in [0.15, 0.2) is 0 Å². The summed E-state index contributed by atoms with van der Waals surface area (Å²) in [4.78, 5) is 16.2. The van der Waals surface area contributed by atoms with Gasteiger partial charge in [0.05, 0.1) is 6.10 Å². The Morgan fingerprint density at radius 2 is 1.95 bits per heavy atom. The molecule has 5 nitrogen and oxygen atoms in total. The maximum absolute atomic E-state index is 11.0. The normalized spacial score (nSPS) is 27.9. The predicted molar refractivity (Wildman–Crippen MR) is 86.8 cm³/mol. The number of pyridine rings is 1. The number of hydrogen-bond donors (Lipinski definition) is 3. The molecule has 2 fully saturated rings. The lowest BCUT2D eigenvalue weighted by Crippen LogP contribution is -2.51. The zero-order valence-electron chi connectivity index (χ0n) is 13.1. The highest BCUT2D eigenvalue weighted by Crippen LogP contribution is 2.25. The molecular formula is C17H27N3O2. The number of aliphatic hydroxyl groups excluding tert-OH is 1. The number of aromatic nitrogens is 1. The van der Waals surface area contributed by atoms with Crippen LogP contribution in [0.5, 0.6) is 0 Å². The van der Waals surface area contributed by atoms with E-state index in [0.717, 1.165) is 50.9 Å². The second kappa shape index (κ2) is 7.40. The first-order chi connectivity index (χ1) is 10.7. The molecule has 0 bridgehead atoms. The van der Waals surface area contributed by atoms with Crippen molar-refractivity contribution in [2.24, 2.45) is 0 Å². The zero-order chi connectivity index (χ0) is 15.4. The van der Waals surface area contributed by atoms with Gasteiger partial charge in [-0.25, -0.2) is 0 Å². The summed E-state index contributed by atoms with van der Waals surface area (Å²) in [6.07, 6.45) is 8.47. The molecule has 3 N–H and O–H groups in total. The van der Waals surface area contributed by atoms with Crippen molar-refractivity contribution in [2.75, 3.05) is 13.1 Å². The highest BCUT2D eigenvalue weighted by molar-refractivity contribution is 5.08. The Morgan fingerprint density at radius 3 is 2.64 bits per heavy atom. The van der Waals surface area contributed by atoms with Crippen molar-refractivity contribution in [3.8, 4) is 0 Å². The Balaban J connectivity index is 1.43. The fourth-order valence-electron chi connectivity index (χ4n) is 3.77. The number of nitrogens with one attached hydrogen (secondary N) is 2. The predicted octanol–water partition coefficient (Wildman–Crippen LogP) is 1.23. The summed E-state index contributed by atoms with van der Waals surface area (Å²) in [5.41, 5.74) is 1.06. The van der Waals surface area contributed by atoms with Gasteiger partial charge in [0.25, 0.3) is 0 Å². The fourth-order valence-corrected chi connectivity index (χ4v) is 3.77. The summed E-state index contributed by atoms with van der Waals surface area (Å²) in [7, 11) is 0. The van der Waals surface area contributed by atoms with E-state index < -0.39 is 0 Å². The topological polar surface area (TPSA) is 68.4 Å². The van der Waals surface area contributed by atoms with E-state index in [2.05, 4.69) is 15.2 Å². The average Bonchev–Trinajstić information content (AvgIpc) is 2.55. The van der Waals surface area contributed by atoms with Gasteiger partial charge >= 0.3 is 0 Å². The molecular weight excluding hydrogens is 278 g/mol. The first-order valence-corrected chi connectivity index (χ1v) is 8.55. The van der Waals surface area contributed by atoms with Crippen LogP contribution in [0.3, 0.4) is 0 Å². The summed E-state index contributed by atoms with van der Waals surface area (Å²) in [5.74, 6) is 0. The molecule has 3 rings (SSSR count). The maximum Gasteiger partial charge on any atom is 0.247 e. The lowest BCUT2D eigenvalue weighted by Gasteiger charge is -2.41. The van der Waals surface area contributed by atoms with Gasteiger partial charge in [-0.3, -0.25) is 9.69 Å². The molecule has 0 spiro atoms. The van der Waals surface area contributed by atoms with Crippen molar-refractivity contribution in [1.29, 1.82) is 0 Å².